The number of carboxylic acids is 1. The molecule has 0 bridgehead atoms. The van der Waals surface area contributed by atoms with E-state index in [1.807, 2.05) is 0 Å². The van der Waals surface area contributed by atoms with Crippen molar-refractivity contribution in [3.8, 4) is 0 Å². The van der Waals surface area contributed by atoms with E-state index in [2.05, 4.69) is 6.92 Å². The van der Waals surface area contributed by atoms with Crippen LogP contribution in [0.25, 0.3) is 0 Å². The van der Waals surface area contributed by atoms with Crippen LogP contribution in [0.2, 0.25) is 0 Å². The molecule has 0 aromatic carbocycles. The van der Waals surface area contributed by atoms with Gasteiger partial charge in [-0.2, -0.15) is 0 Å². The molecule has 2 atom stereocenters. The van der Waals surface area contributed by atoms with E-state index in [0.717, 1.165) is 5.92 Å². The normalized spacial score (nSPS) is 24.1. The maximum absolute atomic E-state index is 10.4. The molecule has 1 rings (SSSR count). The van der Waals surface area contributed by atoms with E-state index < -0.39 is 5.97 Å². The Morgan fingerprint density at radius 1 is 1.13 bits per heavy atom. The summed E-state index contributed by atoms with van der Waals surface area (Å²) < 4.78 is 0. The third-order valence-electron chi connectivity index (χ3n) is 3.43. The summed E-state index contributed by atoms with van der Waals surface area (Å²) in [5.74, 6) is 0.635. The molecule has 88 valence electrons. The van der Waals surface area contributed by atoms with Crippen LogP contribution < -0.4 is 0 Å². The van der Waals surface area contributed by atoms with E-state index in [1.165, 1.54) is 51.4 Å². The zero-order chi connectivity index (χ0) is 11.1. The number of hydrogen-bond acceptors (Lipinski definition) is 1. The lowest BCUT2D eigenvalue weighted by molar-refractivity contribution is -0.137. The largest absolute Gasteiger partial charge is 0.481 e. The first-order valence-electron chi connectivity index (χ1n) is 6.45. The van der Waals surface area contributed by atoms with Crippen LogP contribution in [0.15, 0.2) is 0 Å². The van der Waals surface area contributed by atoms with Crippen molar-refractivity contribution in [1.82, 2.24) is 0 Å². The van der Waals surface area contributed by atoms with E-state index in [9.17, 15) is 4.79 Å². The second-order valence-corrected chi connectivity index (χ2v) is 4.91. The molecule has 0 saturated heterocycles. The van der Waals surface area contributed by atoms with E-state index >= 15 is 0 Å². The smallest absolute Gasteiger partial charge is 0.303 e. The Labute approximate surface area is 93.1 Å². The minimum absolute atomic E-state index is 0.403. The van der Waals surface area contributed by atoms with Crippen molar-refractivity contribution >= 4 is 5.97 Å². The molecule has 0 aromatic heterocycles. The lowest BCUT2D eigenvalue weighted by Gasteiger charge is -2.00. The fourth-order valence-electron chi connectivity index (χ4n) is 2.33. The zero-order valence-electron chi connectivity index (χ0n) is 9.87. The van der Waals surface area contributed by atoms with Gasteiger partial charge in [-0.3, -0.25) is 4.79 Å². The molecule has 0 aromatic rings. The summed E-state index contributed by atoms with van der Waals surface area (Å²) in [4.78, 5) is 10.4. The summed E-state index contributed by atoms with van der Waals surface area (Å²) in [5.41, 5.74) is 0. The van der Waals surface area contributed by atoms with Crippen molar-refractivity contribution in [2.75, 3.05) is 0 Å². The Bertz CT molecular complexity index is 189. The molecule has 1 aliphatic carbocycles. The topological polar surface area (TPSA) is 37.3 Å². The molecule has 15 heavy (non-hydrogen) atoms. The van der Waals surface area contributed by atoms with Crippen molar-refractivity contribution in [2.24, 2.45) is 11.8 Å². The molecule has 0 radical (unpaired) electrons. The standard InChI is InChI=1S/C13H24O2/c1-2-3-4-5-6-7-8-11-9-12(11)10-13(14)15/h11-12H,2-10H2,1H3,(H,14,15)/t11-,12-/m1/s1. The highest BCUT2D eigenvalue weighted by atomic mass is 16.4. The van der Waals surface area contributed by atoms with Crippen LogP contribution in [0.5, 0.6) is 0 Å². The minimum atomic E-state index is -0.620. The first-order chi connectivity index (χ1) is 7.24. The van der Waals surface area contributed by atoms with E-state index in [4.69, 9.17) is 5.11 Å². The second-order valence-electron chi connectivity index (χ2n) is 4.91. The first kappa shape index (κ1) is 12.5. The highest BCUT2D eigenvalue weighted by Crippen LogP contribution is 2.44. The van der Waals surface area contributed by atoms with Crippen LogP contribution in [0.1, 0.15) is 64.7 Å². The highest BCUT2D eigenvalue weighted by Gasteiger charge is 2.37. The summed E-state index contributed by atoms with van der Waals surface area (Å²) >= 11 is 0. The Kier molecular flexibility index (Phi) is 5.74. The molecule has 1 aliphatic rings. The van der Waals surface area contributed by atoms with Gasteiger partial charge in [-0.25, -0.2) is 0 Å². The molecule has 1 N–H and O–H groups in total. The van der Waals surface area contributed by atoms with Crippen LogP contribution in [-0.4, -0.2) is 11.1 Å². The van der Waals surface area contributed by atoms with Gasteiger partial charge in [-0.1, -0.05) is 51.9 Å². The van der Waals surface area contributed by atoms with Gasteiger partial charge in [0.2, 0.25) is 0 Å². The van der Waals surface area contributed by atoms with Gasteiger partial charge in [0, 0.05) is 6.42 Å². The van der Waals surface area contributed by atoms with Gasteiger partial charge in [-0.15, -0.1) is 0 Å². The summed E-state index contributed by atoms with van der Waals surface area (Å²) in [5, 5.41) is 8.61. The number of unbranched alkanes of at least 4 members (excludes halogenated alkanes) is 5. The van der Waals surface area contributed by atoms with Crippen LogP contribution in [0.3, 0.4) is 0 Å². The number of aliphatic carboxylic acids is 1. The van der Waals surface area contributed by atoms with Crippen LogP contribution in [0.4, 0.5) is 0 Å². The molecule has 0 amide bonds. The van der Waals surface area contributed by atoms with Crippen LogP contribution in [0, 0.1) is 11.8 Å². The highest BCUT2D eigenvalue weighted by molar-refractivity contribution is 5.67. The lowest BCUT2D eigenvalue weighted by atomic mass is 10.1. The Balaban J connectivity index is 1.84. The monoisotopic (exact) mass is 212 g/mol. The first-order valence-corrected chi connectivity index (χ1v) is 6.45. The quantitative estimate of drug-likeness (QED) is 0.589. The number of rotatable bonds is 9. The van der Waals surface area contributed by atoms with Gasteiger partial charge < -0.3 is 5.11 Å². The van der Waals surface area contributed by atoms with E-state index in [1.54, 1.807) is 0 Å². The third kappa shape index (κ3) is 5.81. The fourth-order valence-corrected chi connectivity index (χ4v) is 2.33. The number of hydrogen-bond donors (Lipinski definition) is 1. The summed E-state index contributed by atoms with van der Waals surface area (Å²) in [6.45, 7) is 2.24. The Hall–Kier alpha value is -0.530. The third-order valence-corrected chi connectivity index (χ3v) is 3.43. The molecule has 2 nitrogen and oxygen atoms in total. The van der Waals surface area contributed by atoms with E-state index in [0.29, 0.717) is 12.3 Å². The summed E-state index contributed by atoms with van der Waals surface area (Å²) in [7, 11) is 0. The predicted molar refractivity (Wildman–Crippen MR) is 61.8 cm³/mol. The molecule has 0 heterocycles. The van der Waals surface area contributed by atoms with Gasteiger partial charge in [0.05, 0.1) is 0 Å². The van der Waals surface area contributed by atoms with Crippen molar-refractivity contribution < 1.29 is 9.90 Å². The molecular weight excluding hydrogens is 188 g/mol. The second kappa shape index (κ2) is 6.86. The Morgan fingerprint density at radius 2 is 1.80 bits per heavy atom. The maximum atomic E-state index is 10.4. The van der Waals surface area contributed by atoms with Gasteiger partial charge >= 0.3 is 5.97 Å². The maximum Gasteiger partial charge on any atom is 0.303 e. The molecule has 1 saturated carbocycles. The molecule has 0 aliphatic heterocycles. The van der Waals surface area contributed by atoms with Crippen LogP contribution in [-0.2, 0) is 4.79 Å². The summed E-state index contributed by atoms with van der Waals surface area (Å²) in [6.07, 6.45) is 10.9. The summed E-state index contributed by atoms with van der Waals surface area (Å²) in [6, 6.07) is 0. The number of carbonyl (C=O) groups is 1. The fraction of sp³-hybridized carbons (Fsp3) is 0.923. The Morgan fingerprint density at radius 3 is 2.47 bits per heavy atom. The molecule has 1 fully saturated rings. The average molecular weight is 212 g/mol. The van der Waals surface area contributed by atoms with Crippen molar-refractivity contribution in [3.63, 3.8) is 0 Å². The van der Waals surface area contributed by atoms with Gasteiger partial charge in [0.15, 0.2) is 0 Å². The SMILES string of the molecule is CCCCCCCC[C@@H]1C[C@@H]1CC(=O)O. The number of carboxylic acid groups (broad SMARTS) is 1. The van der Waals surface area contributed by atoms with Gasteiger partial charge in [0.1, 0.15) is 0 Å². The molecule has 0 unspecified atom stereocenters. The lowest BCUT2D eigenvalue weighted by Crippen LogP contribution is -1.96. The van der Waals surface area contributed by atoms with E-state index in [-0.39, 0.29) is 0 Å². The predicted octanol–water partition coefficient (Wildman–Crippen LogP) is 3.85. The van der Waals surface area contributed by atoms with Gasteiger partial charge in [0.25, 0.3) is 0 Å². The molecule has 0 spiro atoms. The van der Waals surface area contributed by atoms with Crippen molar-refractivity contribution in [2.45, 2.75) is 64.7 Å². The zero-order valence-corrected chi connectivity index (χ0v) is 9.87. The van der Waals surface area contributed by atoms with Crippen molar-refractivity contribution in [3.05, 3.63) is 0 Å². The molecular formula is C13H24O2. The van der Waals surface area contributed by atoms with Gasteiger partial charge in [-0.05, 0) is 18.3 Å². The molecule has 2 heteroatoms. The minimum Gasteiger partial charge on any atom is -0.481 e. The average Bonchev–Trinajstić information content (AvgIpc) is 2.89. The van der Waals surface area contributed by atoms with Crippen LogP contribution >= 0.6 is 0 Å². The van der Waals surface area contributed by atoms with Crippen molar-refractivity contribution in [1.29, 1.82) is 0 Å².